The van der Waals surface area contributed by atoms with E-state index in [0.717, 1.165) is 16.2 Å². The fourth-order valence-electron chi connectivity index (χ4n) is 4.11. The largest absolute Gasteiger partial charge is 0.477 e. The number of β-lactam (4-membered cyclic amide) rings is 1. The van der Waals surface area contributed by atoms with Gasteiger partial charge in [0.2, 0.25) is 5.91 Å². The second kappa shape index (κ2) is 11.6. The average Bonchev–Trinajstić information content (AvgIpc) is 3.24. The number of ether oxygens (including phenoxy) is 2. The van der Waals surface area contributed by atoms with Crippen LogP contribution in [-0.2, 0) is 23.9 Å². The van der Waals surface area contributed by atoms with Crippen LogP contribution in [0, 0.1) is 0 Å². The molecule has 1 aromatic carbocycles. The quantitative estimate of drug-likeness (QED) is 0.336. The van der Waals surface area contributed by atoms with Crippen molar-refractivity contribution >= 4 is 80.0 Å². The maximum Gasteiger partial charge on any atom is 0.413 e. The van der Waals surface area contributed by atoms with Crippen LogP contribution in [0.2, 0.25) is 0 Å². The lowest BCUT2D eigenvalue weighted by Gasteiger charge is -2.49. The molecule has 2 aliphatic heterocycles. The Morgan fingerprint density at radius 3 is 2.36 bits per heavy atom. The van der Waals surface area contributed by atoms with Gasteiger partial charge in [-0.15, -0.1) is 11.8 Å². The van der Waals surface area contributed by atoms with Crippen molar-refractivity contribution < 1.29 is 38.6 Å². The topological polar surface area (TPSA) is 176 Å². The number of carboxylic acid groups (broad SMARTS) is 1. The molecule has 42 heavy (non-hydrogen) atoms. The predicted octanol–water partition coefficient (Wildman–Crippen LogP) is 4.14. The molecular formula is C26H30ClN5O8S2. The van der Waals surface area contributed by atoms with Gasteiger partial charge in [0.1, 0.15) is 34.4 Å². The van der Waals surface area contributed by atoms with E-state index in [2.05, 4.69) is 20.9 Å². The van der Waals surface area contributed by atoms with E-state index in [9.17, 15) is 29.1 Å². The Morgan fingerprint density at radius 1 is 1.10 bits per heavy atom. The van der Waals surface area contributed by atoms with E-state index in [1.807, 2.05) is 0 Å². The maximum absolute atomic E-state index is 13.6. The molecule has 4 N–H and O–H groups in total. The average molecular weight is 640 g/mol. The zero-order chi connectivity index (χ0) is 31.1. The number of thiazole rings is 1. The van der Waals surface area contributed by atoms with Crippen molar-refractivity contribution in [1.29, 1.82) is 0 Å². The number of nitrogens with zero attached hydrogens (tertiary/aromatic N) is 2. The van der Waals surface area contributed by atoms with Crippen LogP contribution in [0.15, 0.2) is 28.9 Å². The van der Waals surface area contributed by atoms with Crippen LogP contribution in [-0.4, -0.2) is 73.3 Å². The Balaban J connectivity index is 1.58. The van der Waals surface area contributed by atoms with Crippen molar-refractivity contribution in [2.75, 3.05) is 11.1 Å². The van der Waals surface area contributed by atoms with Gasteiger partial charge in [0.15, 0.2) is 5.13 Å². The number of halogens is 1. The van der Waals surface area contributed by atoms with Crippen LogP contribution in [0.5, 0.6) is 0 Å². The van der Waals surface area contributed by atoms with Gasteiger partial charge in [-0.25, -0.2) is 19.4 Å². The minimum atomic E-state index is -1.34. The standard InChI is InChI=1S/C26H30ClN5O8S2/c1-25(2,3)39-23(37)30-15(18(33)29-16-19(34)32-17(21(35)36)12(27)10-41-20(16)32)11-7-8-13-14(9-11)42-22(28-13)31-24(38)40-26(4,5)6/h7-9,15-16,20H,10H2,1-6H3,(H,29,33)(H,30,37)(H,35,36)(H,28,31,38)/t15?,16?,20-/m1/s1. The van der Waals surface area contributed by atoms with Crippen molar-refractivity contribution in [2.45, 2.75) is 70.2 Å². The molecule has 0 saturated carbocycles. The van der Waals surface area contributed by atoms with E-state index in [1.54, 1.807) is 59.7 Å². The summed E-state index contributed by atoms with van der Waals surface area (Å²) in [6.07, 6.45) is -1.54. The molecule has 13 nitrogen and oxygen atoms in total. The SMILES string of the molecule is CC(C)(C)OC(=O)Nc1nc2ccc(C(NC(=O)OC(C)(C)C)C(=O)NC3C(=O)N4C(C(=O)O)=C(Cl)CS[C@H]34)cc2s1. The number of rotatable bonds is 6. The molecular weight excluding hydrogens is 610 g/mol. The number of hydrogen-bond donors (Lipinski definition) is 4. The molecule has 4 rings (SSSR count). The summed E-state index contributed by atoms with van der Waals surface area (Å²) < 4.78 is 11.2. The molecule has 2 aromatic rings. The summed E-state index contributed by atoms with van der Waals surface area (Å²) in [5, 5.41) is 16.9. The second-order valence-electron chi connectivity index (χ2n) is 11.4. The zero-order valence-corrected chi connectivity index (χ0v) is 26.0. The van der Waals surface area contributed by atoms with Gasteiger partial charge >= 0.3 is 18.2 Å². The summed E-state index contributed by atoms with van der Waals surface area (Å²) in [6, 6.07) is 2.50. The Hall–Kier alpha value is -3.56. The highest BCUT2D eigenvalue weighted by atomic mass is 35.5. The van der Waals surface area contributed by atoms with E-state index in [1.165, 1.54) is 11.8 Å². The zero-order valence-electron chi connectivity index (χ0n) is 23.6. The Morgan fingerprint density at radius 2 is 1.74 bits per heavy atom. The molecule has 0 radical (unpaired) electrons. The summed E-state index contributed by atoms with van der Waals surface area (Å²) in [4.78, 5) is 68.4. The molecule has 2 unspecified atom stereocenters. The number of fused-ring (bicyclic) bond motifs is 2. The Bertz CT molecular complexity index is 1500. The molecule has 0 bridgehead atoms. The van der Waals surface area contributed by atoms with Gasteiger partial charge in [-0.2, -0.15) is 0 Å². The Labute approximate surface area is 254 Å². The first-order valence-corrected chi connectivity index (χ1v) is 14.9. The fourth-order valence-corrected chi connectivity index (χ4v) is 6.56. The van der Waals surface area contributed by atoms with Crippen molar-refractivity contribution in [3.05, 3.63) is 34.5 Å². The third kappa shape index (κ3) is 7.07. The highest BCUT2D eigenvalue weighted by molar-refractivity contribution is 8.00. The number of amides is 4. The minimum Gasteiger partial charge on any atom is -0.477 e. The first-order valence-electron chi connectivity index (χ1n) is 12.7. The number of benzene rings is 1. The summed E-state index contributed by atoms with van der Waals surface area (Å²) in [5.74, 6) is -2.53. The molecule has 1 aromatic heterocycles. The molecule has 1 fully saturated rings. The number of carbonyl (C=O) groups excluding carboxylic acids is 4. The minimum absolute atomic E-state index is 0.0322. The Kier molecular flexibility index (Phi) is 8.67. The van der Waals surface area contributed by atoms with Gasteiger partial charge in [-0.3, -0.25) is 19.8 Å². The summed E-state index contributed by atoms with van der Waals surface area (Å²) in [7, 11) is 0. The number of alkyl carbamates (subject to hydrolysis) is 1. The number of aromatic nitrogens is 1. The molecule has 16 heteroatoms. The number of carboxylic acids is 1. The number of thioether (sulfide) groups is 1. The number of carbonyl (C=O) groups is 5. The number of aliphatic carboxylic acids is 1. The van der Waals surface area contributed by atoms with Gasteiger partial charge in [-0.1, -0.05) is 29.0 Å². The molecule has 226 valence electrons. The van der Waals surface area contributed by atoms with Crippen molar-refractivity contribution in [1.82, 2.24) is 20.5 Å². The molecule has 2 aliphatic rings. The molecule has 1 saturated heterocycles. The third-order valence-electron chi connectivity index (χ3n) is 5.70. The van der Waals surface area contributed by atoms with E-state index in [0.29, 0.717) is 15.8 Å². The third-order valence-corrected chi connectivity index (χ3v) is 8.38. The maximum atomic E-state index is 13.6. The van der Waals surface area contributed by atoms with E-state index < -0.39 is 58.6 Å². The normalized spacial score (nSPS) is 19.4. The van der Waals surface area contributed by atoms with Crippen LogP contribution in [0.1, 0.15) is 53.1 Å². The number of nitrogens with one attached hydrogen (secondary N) is 3. The second-order valence-corrected chi connectivity index (χ2v) is 14.0. The van der Waals surface area contributed by atoms with E-state index in [-0.39, 0.29) is 21.6 Å². The van der Waals surface area contributed by atoms with Crippen molar-refractivity contribution in [3.63, 3.8) is 0 Å². The van der Waals surface area contributed by atoms with Gasteiger partial charge in [0.25, 0.3) is 5.91 Å². The summed E-state index contributed by atoms with van der Waals surface area (Å²) in [5.41, 5.74) is -0.983. The van der Waals surface area contributed by atoms with E-state index >= 15 is 0 Å². The highest BCUT2D eigenvalue weighted by Crippen LogP contribution is 2.41. The van der Waals surface area contributed by atoms with Crippen molar-refractivity contribution in [3.8, 4) is 0 Å². The lowest BCUT2D eigenvalue weighted by molar-refractivity contribution is -0.150. The van der Waals surface area contributed by atoms with Crippen LogP contribution >= 0.6 is 34.7 Å². The summed E-state index contributed by atoms with van der Waals surface area (Å²) in [6.45, 7) is 10.2. The molecule has 0 spiro atoms. The van der Waals surface area contributed by atoms with Crippen LogP contribution in [0.3, 0.4) is 0 Å². The van der Waals surface area contributed by atoms with Crippen LogP contribution in [0.25, 0.3) is 10.2 Å². The number of anilines is 1. The monoisotopic (exact) mass is 639 g/mol. The number of hydrogen-bond acceptors (Lipinski definition) is 10. The van der Waals surface area contributed by atoms with Gasteiger partial charge in [0, 0.05) is 5.75 Å². The molecule has 3 atom stereocenters. The predicted molar refractivity (Wildman–Crippen MR) is 157 cm³/mol. The molecule has 3 heterocycles. The molecule has 0 aliphatic carbocycles. The first kappa shape index (κ1) is 31.4. The van der Waals surface area contributed by atoms with Crippen LogP contribution < -0.4 is 16.0 Å². The highest BCUT2D eigenvalue weighted by Gasteiger charge is 2.54. The van der Waals surface area contributed by atoms with Crippen LogP contribution in [0.4, 0.5) is 14.7 Å². The van der Waals surface area contributed by atoms with Crippen molar-refractivity contribution in [2.24, 2.45) is 0 Å². The van der Waals surface area contributed by atoms with Gasteiger partial charge < -0.3 is 25.2 Å². The first-order chi connectivity index (χ1) is 19.4. The fraction of sp³-hybridized carbons (Fsp3) is 0.462. The lowest BCUT2D eigenvalue weighted by atomic mass is 10.0. The van der Waals surface area contributed by atoms with Gasteiger partial charge in [-0.05, 0) is 59.2 Å². The van der Waals surface area contributed by atoms with Gasteiger partial charge in [0.05, 0.1) is 15.2 Å². The molecule has 4 amide bonds. The summed E-state index contributed by atoms with van der Waals surface area (Å²) >= 11 is 8.39. The smallest absolute Gasteiger partial charge is 0.413 e. The van der Waals surface area contributed by atoms with E-state index in [4.69, 9.17) is 21.1 Å². The lowest BCUT2D eigenvalue weighted by Crippen LogP contribution is -2.71.